The highest BCUT2D eigenvalue weighted by atomic mass is 16.6. The highest BCUT2D eigenvalue weighted by Gasteiger charge is 2.22. The molecule has 1 fully saturated rings. The molecule has 1 aliphatic rings. The van der Waals surface area contributed by atoms with Crippen LogP contribution in [0, 0.1) is 13.8 Å². The minimum absolute atomic E-state index is 0.845. The number of imidazole rings is 1. The van der Waals surface area contributed by atoms with Gasteiger partial charge in [0.05, 0.1) is 17.6 Å². The highest BCUT2D eigenvalue weighted by Crippen LogP contribution is 2.18. The summed E-state index contributed by atoms with van der Waals surface area (Å²) in [5, 5.41) is 7.84. The molecule has 0 unspecified atom stereocenters. The topological polar surface area (TPSA) is 74.1 Å². The van der Waals surface area contributed by atoms with Gasteiger partial charge in [-0.25, -0.2) is 9.61 Å². The van der Waals surface area contributed by atoms with Gasteiger partial charge in [-0.15, -0.1) is 0 Å². The molecule has 0 saturated carbocycles. The zero-order valence-corrected chi connectivity index (χ0v) is 13.4. The molecular formula is C16H20N6O. The Balaban J connectivity index is 1.41. The fraction of sp³-hybridized carbons (Fsp3) is 0.438. The van der Waals surface area contributed by atoms with E-state index >= 15 is 0 Å². The van der Waals surface area contributed by atoms with E-state index in [1.54, 1.807) is 0 Å². The predicted octanol–water partition coefficient (Wildman–Crippen LogP) is 1.88. The molecule has 1 N–H and O–H groups in total. The van der Waals surface area contributed by atoms with Gasteiger partial charge in [-0.05, 0) is 36.7 Å². The third-order valence-electron chi connectivity index (χ3n) is 4.36. The number of rotatable bonds is 3. The molecule has 0 radical (unpaired) electrons. The fourth-order valence-corrected chi connectivity index (χ4v) is 3.09. The Kier molecular flexibility index (Phi) is 3.49. The van der Waals surface area contributed by atoms with Crippen molar-refractivity contribution in [2.75, 3.05) is 31.1 Å². The van der Waals surface area contributed by atoms with E-state index in [9.17, 15) is 0 Å². The Morgan fingerprint density at radius 3 is 2.70 bits per heavy atom. The molecule has 0 aliphatic carbocycles. The maximum absolute atomic E-state index is 4.79. The van der Waals surface area contributed by atoms with E-state index in [2.05, 4.69) is 55.2 Å². The summed E-state index contributed by atoms with van der Waals surface area (Å²) in [4.78, 5) is 12.7. The lowest BCUT2D eigenvalue weighted by Gasteiger charge is -2.34. The minimum atomic E-state index is 0.845. The second kappa shape index (κ2) is 5.66. The largest absolute Gasteiger partial charge is 0.350 e. The van der Waals surface area contributed by atoms with Crippen molar-refractivity contribution in [2.24, 2.45) is 0 Å². The summed E-state index contributed by atoms with van der Waals surface area (Å²) >= 11 is 0. The number of aryl methyl sites for hydroxylation is 2. The molecule has 2 aromatic heterocycles. The van der Waals surface area contributed by atoms with E-state index in [-0.39, 0.29) is 0 Å². The van der Waals surface area contributed by atoms with E-state index in [1.165, 1.54) is 5.56 Å². The number of hydrogen-bond acceptors (Lipinski definition) is 6. The second-order valence-corrected chi connectivity index (χ2v) is 6.14. The average molecular weight is 312 g/mol. The molecule has 0 bridgehead atoms. The number of anilines is 1. The molecule has 1 aliphatic heterocycles. The molecule has 1 saturated heterocycles. The van der Waals surface area contributed by atoms with Gasteiger partial charge in [0.25, 0.3) is 0 Å². The van der Waals surface area contributed by atoms with Crippen molar-refractivity contribution in [1.29, 1.82) is 0 Å². The van der Waals surface area contributed by atoms with Crippen LogP contribution in [0.3, 0.4) is 0 Å². The molecule has 7 heteroatoms. The lowest BCUT2D eigenvalue weighted by Crippen LogP contribution is -2.46. The normalized spacial score (nSPS) is 16.3. The number of H-pyrrole nitrogens is 1. The molecule has 120 valence electrons. The Bertz CT molecular complexity index is 815. The summed E-state index contributed by atoms with van der Waals surface area (Å²) in [7, 11) is 0. The molecule has 7 nitrogen and oxygen atoms in total. The fourth-order valence-electron chi connectivity index (χ4n) is 3.09. The van der Waals surface area contributed by atoms with E-state index in [4.69, 9.17) is 4.63 Å². The zero-order valence-electron chi connectivity index (χ0n) is 13.4. The number of fused-ring (bicyclic) bond motifs is 1. The van der Waals surface area contributed by atoms with Crippen LogP contribution in [0.5, 0.6) is 0 Å². The van der Waals surface area contributed by atoms with Gasteiger partial charge in [-0.3, -0.25) is 4.90 Å². The van der Waals surface area contributed by atoms with Crippen LogP contribution in [0.1, 0.15) is 17.1 Å². The molecule has 4 rings (SSSR count). The number of piperazine rings is 1. The predicted molar refractivity (Wildman–Crippen MR) is 87.4 cm³/mol. The average Bonchev–Trinajstić information content (AvgIpc) is 3.13. The van der Waals surface area contributed by atoms with Gasteiger partial charge in [0.2, 0.25) is 0 Å². The van der Waals surface area contributed by atoms with Crippen LogP contribution in [0.15, 0.2) is 22.8 Å². The zero-order chi connectivity index (χ0) is 15.8. The van der Waals surface area contributed by atoms with Gasteiger partial charge in [-0.1, -0.05) is 11.2 Å². The first-order valence-electron chi connectivity index (χ1n) is 7.91. The SMILES string of the molecule is Cc1ccc2nc(CN3CCN(c4nonc4C)CC3)[nH]c2c1. The molecule has 3 aromatic rings. The Morgan fingerprint density at radius 1 is 1.13 bits per heavy atom. The lowest BCUT2D eigenvalue weighted by atomic mass is 10.2. The molecule has 0 atom stereocenters. The maximum atomic E-state index is 4.79. The molecular weight excluding hydrogens is 292 g/mol. The Labute approximate surface area is 134 Å². The first kappa shape index (κ1) is 14.2. The van der Waals surface area contributed by atoms with Crippen molar-refractivity contribution >= 4 is 16.9 Å². The lowest BCUT2D eigenvalue weighted by molar-refractivity contribution is 0.242. The van der Waals surface area contributed by atoms with Crippen molar-refractivity contribution in [3.63, 3.8) is 0 Å². The van der Waals surface area contributed by atoms with Gasteiger partial charge in [0.1, 0.15) is 11.5 Å². The van der Waals surface area contributed by atoms with Crippen molar-refractivity contribution < 1.29 is 4.63 Å². The van der Waals surface area contributed by atoms with Crippen LogP contribution in [-0.2, 0) is 6.54 Å². The molecule has 0 amide bonds. The molecule has 3 heterocycles. The summed E-state index contributed by atoms with van der Waals surface area (Å²) < 4.78 is 4.79. The van der Waals surface area contributed by atoms with E-state index in [1.807, 2.05) is 6.92 Å². The number of aromatic amines is 1. The summed E-state index contributed by atoms with van der Waals surface area (Å²) in [6, 6.07) is 6.31. The summed E-state index contributed by atoms with van der Waals surface area (Å²) in [5.41, 5.74) is 4.25. The van der Waals surface area contributed by atoms with Gasteiger partial charge in [0.15, 0.2) is 5.82 Å². The Hall–Kier alpha value is -2.41. The summed E-state index contributed by atoms with van der Waals surface area (Å²) in [6.45, 7) is 8.67. The summed E-state index contributed by atoms with van der Waals surface area (Å²) in [6.07, 6.45) is 0. The third-order valence-corrected chi connectivity index (χ3v) is 4.36. The standard InChI is InChI=1S/C16H20N6O/c1-11-3-4-13-14(9-11)18-15(17-13)10-21-5-7-22(8-6-21)16-12(2)19-23-20-16/h3-4,9H,5-8,10H2,1-2H3,(H,17,18). The van der Waals surface area contributed by atoms with Crippen LogP contribution in [0.25, 0.3) is 11.0 Å². The summed E-state index contributed by atoms with van der Waals surface area (Å²) in [5.74, 6) is 1.89. The monoisotopic (exact) mass is 312 g/mol. The number of benzene rings is 1. The van der Waals surface area contributed by atoms with Crippen molar-refractivity contribution in [2.45, 2.75) is 20.4 Å². The van der Waals surface area contributed by atoms with Crippen LogP contribution in [-0.4, -0.2) is 51.4 Å². The van der Waals surface area contributed by atoms with Crippen molar-refractivity contribution in [3.05, 3.63) is 35.3 Å². The number of hydrogen-bond donors (Lipinski definition) is 1. The van der Waals surface area contributed by atoms with Gasteiger partial charge >= 0.3 is 0 Å². The Morgan fingerprint density at radius 2 is 1.96 bits per heavy atom. The van der Waals surface area contributed by atoms with Gasteiger partial charge in [0, 0.05) is 26.2 Å². The van der Waals surface area contributed by atoms with E-state index < -0.39 is 0 Å². The number of nitrogens with one attached hydrogen (secondary N) is 1. The maximum Gasteiger partial charge on any atom is 0.196 e. The van der Waals surface area contributed by atoms with Crippen LogP contribution in [0.4, 0.5) is 5.82 Å². The van der Waals surface area contributed by atoms with E-state index in [0.717, 1.165) is 61.1 Å². The molecule has 0 spiro atoms. The van der Waals surface area contributed by atoms with Gasteiger partial charge < -0.3 is 9.88 Å². The number of aromatic nitrogens is 4. The molecule has 1 aromatic carbocycles. The van der Waals surface area contributed by atoms with Crippen molar-refractivity contribution in [1.82, 2.24) is 25.2 Å². The van der Waals surface area contributed by atoms with Crippen molar-refractivity contribution in [3.8, 4) is 0 Å². The first-order valence-corrected chi connectivity index (χ1v) is 7.91. The highest BCUT2D eigenvalue weighted by molar-refractivity contribution is 5.75. The molecule has 23 heavy (non-hydrogen) atoms. The second-order valence-electron chi connectivity index (χ2n) is 6.14. The van der Waals surface area contributed by atoms with Crippen LogP contribution < -0.4 is 4.90 Å². The van der Waals surface area contributed by atoms with E-state index in [0.29, 0.717) is 0 Å². The first-order chi connectivity index (χ1) is 11.2. The number of nitrogens with zero attached hydrogens (tertiary/aromatic N) is 5. The smallest absolute Gasteiger partial charge is 0.196 e. The third kappa shape index (κ3) is 2.79. The minimum Gasteiger partial charge on any atom is -0.350 e. The van der Waals surface area contributed by atoms with Crippen LogP contribution in [0.2, 0.25) is 0 Å². The van der Waals surface area contributed by atoms with Gasteiger partial charge in [-0.2, -0.15) is 0 Å². The van der Waals surface area contributed by atoms with Crippen LogP contribution >= 0.6 is 0 Å². The quantitative estimate of drug-likeness (QED) is 0.796.